The van der Waals surface area contributed by atoms with Crippen LogP contribution in [-0.2, 0) is 20.8 Å². The summed E-state index contributed by atoms with van der Waals surface area (Å²) < 4.78 is 0. The molecule has 5 N–H and O–H groups in total. The van der Waals surface area contributed by atoms with Crippen molar-refractivity contribution in [1.29, 1.82) is 0 Å². The second-order valence-corrected chi connectivity index (χ2v) is 5.12. The second-order valence-electron chi connectivity index (χ2n) is 5.12. The van der Waals surface area contributed by atoms with Gasteiger partial charge in [0.05, 0.1) is 6.42 Å². The van der Waals surface area contributed by atoms with Crippen molar-refractivity contribution in [3.05, 3.63) is 35.9 Å². The molecule has 1 aromatic rings. The van der Waals surface area contributed by atoms with Crippen molar-refractivity contribution < 1.29 is 29.7 Å². The van der Waals surface area contributed by atoms with Crippen LogP contribution < -0.4 is 5.84 Å². The average Bonchev–Trinajstić information content (AvgIpc) is 2.52. The molecule has 0 radical (unpaired) electrons. The van der Waals surface area contributed by atoms with E-state index in [4.69, 9.17) is 16.1 Å². The summed E-state index contributed by atoms with van der Waals surface area (Å²) in [6, 6.07) is 9.38. The van der Waals surface area contributed by atoms with Crippen molar-refractivity contribution in [3.63, 3.8) is 0 Å². The summed E-state index contributed by atoms with van der Waals surface area (Å²) in [6.45, 7) is 0. The number of aliphatic carboxylic acids is 2. The van der Waals surface area contributed by atoms with Gasteiger partial charge >= 0.3 is 11.9 Å². The number of carboxylic acids is 2. The average molecular weight is 324 g/mol. The predicted octanol–water partition coefficient (Wildman–Crippen LogP) is 0.350. The molecule has 0 bridgehead atoms. The summed E-state index contributed by atoms with van der Waals surface area (Å²) in [7, 11) is 0. The number of benzene rings is 1. The Hall–Kier alpha value is -2.45. The lowest BCUT2D eigenvalue weighted by molar-refractivity contribution is -0.192. The Kier molecular flexibility index (Phi) is 6.67. The number of hydrogen-bond donors (Lipinski definition) is 4. The van der Waals surface area contributed by atoms with Gasteiger partial charge in [0.2, 0.25) is 5.91 Å². The van der Waals surface area contributed by atoms with Crippen molar-refractivity contribution in [2.75, 3.05) is 0 Å². The van der Waals surface area contributed by atoms with Gasteiger partial charge < -0.3 is 15.3 Å². The minimum absolute atomic E-state index is 0.0615. The lowest BCUT2D eigenvalue weighted by atomic mass is 10.0. The molecule has 0 heterocycles. The molecule has 126 valence electrons. The van der Waals surface area contributed by atoms with Crippen LogP contribution in [0.25, 0.3) is 0 Å². The minimum atomic E-state index is -2.73. The highest BCUT2D eigenvalue weighted by molar-refractivity contribution is 5.85. The molecular formula is C15H20N2O6. The highest BCUT2D eigenvalue weighted by Gasteiger charge is 2.43. The van der Waals surface area contributed by atoms with Gasteiger partial charge in [0.25, 0.3) is 5.72 Å². The fourth-order valence-corrected chi connectivity index (χ4v) is 2.03. The van der Waals surface area contributed by atoms with E-state index in [9.17, 15) is 19.5 Å². The molecular weight excluding hydrogens is 304 g/mol. The van der Waals surface area contributed by atoms with Crippen LogP contribution in [0.1, 0.15) is 31.2 Å². The number of carboxylic acid groups (broad SMARTS) is 2. The van der Waals surface area contributed by atoms with Crippen LogP contribution in [0.5, 0.6) is 0 Å². The minimum Gasteiger partial charge on any atom is -0.481 e. The standard InChI is InChI=1S/C15H20N2O6/c16-17(15(23,14(21)22)10-9-13(19)20)12(18)8-4-7-11-5-2-1-3-6-11/h1-3,5-6,23H,4,7-10,16H2,(H,19,20)(H,21,22)/t15-/m1/s1. The zero-order valence-electron chi connectivity index (χ0n) is 12.5. The topological polar surface area (TPSA) is 141 Å². The molecule has 8 heteroatoms. The fourth-order valence-electron chi connectivity index (χ4n) is 2.03. The van der Waals surface area contributed by atoms with Crippen molar-refractivity contribution in [1.82, 2.24) is 5.01 Å². The lowest BCUT2D eigenvalue weighted by Crippen LogP contribution is -2.60. The molecule has 1 rings (SSSR count). The van der Waals surface area contributed by atoms with E-state index in [-0.39, 0.29) is 11.4 Å². The van der Waals surface area contributed by atoms with E-state index in [1.807, 2.05) is 30.3 Å². The highest BCUT2D eigenvalue weighted by atomic mass is 16.4. The number of nitrogens with two attached hydrogens (primary N) is 1. The van der Waals surface area contributed by atoms with Gasteiger partial charge in [-0.2, -0.15) is 0 Å². The first-order valence-electron chi connectivity index (χ1n) is 7.06. The molecule has 0 aliphatic heterocycles. The van der Waals surface area contributed by atoms with Gasteiger partial charge in [-0.25, -0.2) is 15.6 Å². The molecule has 0 aliphatic carbocycles. The van der Waals surface area contributed by atoms with Gasteiger partial charge in [-0.3, -0.25) is 9.59 Å². The van der Waals surface area contributed by atoms with Gasteiger partial charge in [0, 0.05) is 12.8 Å². The van der Waals surface area contributed by atoms with Crippen molar-refractivity contribution in [3.8, 4) is 0 Å². The maximum absolute atomic E-state index is 12.0. The third kappa shape index (κ3) is 5.35. The van der Waals surface area contributed by atoms with Crippen LogP contribution in [0.15, 0.2) is 30.3 Å². The van der Waals surface area contributed by atoms with E-state index in [2.05, 4.69) is 0 Å². The molecule has 0 saturated heterocycles. The molecule has 0 unspecified atom stereocenters. The van der Waals surface area contributed by atoms with Crippen LogP contribution in [-0.4, -0.2) is 43.9 Å². The van der Waals surface area contributed by atoms with Gasteiger partial charge in [-0.15, -0.1) is 0 Å². The van der Waals surface area contributed by atoms with E-state index >= 15 is 0 Å². The third-order valence-electron chi connectivity index (χ3n) is 3.40. The Morgan fingerprint density at radius 1 is 1.09 bits per heavy atom. The summed E-state index contributed by atoms with van der Waals surface area (Å²) in [6.07, 6.45) is -0.368. The molecule has 8 nitrogen and oxygen atoms in total. The van der Waals surface area contributed by atoms with Crippen LogP contribution in [0, 0.1) is 0 Å². The van der Waals surface area contributed by atoms with Gasteiger partial charge in [0.1, 0.15) is 0 Å². The monoisotopic (exact) mass is 324 g/mol. The summed E-state index contributed by atoms with van der Waals surface area (Å²) in [5, 5.41) is 27.9. The maximum Gasteiger partial charge on any atom is 0.358 e. The van der Waals surface area contributed by atoms with Gasteiger partial charge in [-0.05, 0) is 18.4 Å². The number of aryl methyl sites for hydroxylation is 1. The molecule has 1 atom stereocenters. The highest BCUT2D eigenvalue weighted by Crippen LogP contribution is 2.18. The van der Waals surface area contributed by atoms with Crippen LogP contribution in [0.4, 0.5) is 0 Å². The number of hydrogen-bond acceptors (Lipinski definition) is 5. The third-order valence-corrected chi connectivity index (χ3v) is 3.40. The molecule has 1 aromatic carbocycles. The molecule has 0 saturated carbocycles. The Labute approximate surface area is 133 Å². The number of nitrogens with zero attached hydrogens (tertiary/aromatic N) is 1. The van der Waals surface area contributed by atoms with Crippen LogP contribution in [0.3, 0.4) is 0 Å². The largest absolute Gasteiger partial charge is 0.481 e. The van der Waals surface area contributed by atoms with Crippen LogP contribution >= 0.6 is 0 Å². The SMILES string of the molecule is NN(C(=O)CCCc1ccccc1)[C@@](O)(CCC(=O)O)C(=O)O. The van der Waals surface area contributed by atoms with E-state index in [0.29, 0.717) is 12.8 Å². The Morgan fingerprint density at radius 2 is 1.70 bits per heavy atom. The first-order chi connectivity index (χ1) is 10.8. The van der Waals surface area contributed by atoms with Crippen LogP contribution in [0.2, 0.25) is 0 Å². The molecule has 0 aliphatic rings. The fraction of sp³-hybridized carbons (Fsp3) is 0.400. The van der Waals surface area contributed by atoms with Gasteiger partial charge in [-0.1, -0.05) is 30.3 Å². The maximum atomic E-state index is 12.0. The number of rotatable bonds is 9. The number of aliphatic hydroxyl groups is 1. The van der Waals surface area contributed by atoms with Crippen molar-refractivity contribution in [2.45, 2.75) is 37.8 Å². The summed E-state index contributed by atoms with van der Waals surface area (Å²) in [5.41, 5.74) is -1.72. The van der Waals surface area contributed by atoms with E-state index in [1.54, 1.807) is 0 Å². The molecule has 0 aromatic heterocycles. The molecule has 0 spiro atoms. The number of amides is 1. The number of hydrazine groups is 1. The summed E-state index contributed by atoms with van der Waals surface area (Å²) in [5.74, 6) is 1.59. The summed E-state index contributed by atoms with van der Waals surface area (Å²) >= 11 is 0. The lowest BCUT2D eigenvalue weighted by Gasteiger charge is -2.32. The smallest absolute Gasteiger partial charge is 0.358 e. The Bertz CT molecular complexity index is 562. The summed E-state index contributed by atoms with van der Waals surface area (Å²) in [4.78, 5) is 33.7. The first-order valence-corrected chi connectivity index (χ1v) is 7.06. The number of carbonyl (C=O) groups is 3. The van der Waals surface area contributed by atoms with Crippen molar-refractivity contribution >= 4 is 17.8 Å². The molecule has 0 fully saturated rings. The molecule has 23 heavy (non-hydrogen) atoms. The van der Waals surface area contributed by atoms with Gasteiger partial charge in [0.15, 0.2) is 0 Å². The van der Waals surface area contributed by atoms with Crippen molar-refractivity contribution in [2.24, 2.45) is 5.84 Å². The molecule has 1 amide bonds. The second kappa shape index (κ2) is 8.25. The quantitative estimate of drug-likeness (QED) is 0.222. The first kappa shape index (κ1) is 18.6. The van der Waals surface area contributed by atoms with E-state index < -0.39 is 36.4 Å². The normalized spacial score (nSPS) is 13.1. The zero-order chi connectivity index (χ0) is 17.5. The van der Waals surface area contributed by atoms with E-state index in [0.717, 1.165) is 5.56 Å². The Morgan fingerprint density at radius 3 is 2.22 bits per heavy atom. The zero-order valence-corrected chi connectivity index (χ0v) is 12.5. The number of carbonyl (C=O) groups excluding carboxylic acids is 1. The Balaban J connectivity index is 2.61. The van der Waals surface area contributed by atoms with E-state index in [1.165, 1.54) is 0 Å². The predicted molar refractivity (Wildman–Crippen MR) is 79.9 cm³/mol.